The smallest absolute Gasteiger partial charge is 0.249 e. The molecule has 112 valence electrons. The van der Waals surface area contributed by atoms with Gasteiger partial charge in [-0.2, -0.15) is 10.1 Å². The number of unbranched alkanes of at least 4 members (excludes halogenated alkanes) is 2. The number of hydrogen-bond acceptors (Lipinski definition) is 5. The summed E-state index contributed by atoms with van der Waals surface area (Å²) in [7, 11) is 0. The SMILES string of the molecule is CCCCCNc1cnnc(Nc2ccc(C)c(C)c2)n1. The Hall–Kier alpha value is -2.17. The van der Waals surface area contributed by atoms with Crippen molar-refractivity contribution in [2.75, 3.05) is 17.2 Å². The van der Waals surface area contributed by atoms with E-state index in [1.54, 1.807) is 6.20 Å². The van der Waals surface area contributed by atoms with E-state index in [1.807, 2.05) is 6.07 Å². The lowest BCUT2D eigenvalue weighted by molar-refractivity contribution is 0.741. The van der Waals surface area contributed by atoms with Crippen LogP contribution < -0.4 is 10.6 Å². The Morgan fingerprint density at radius 3 is 2.71 bits per heavy atom. The van der Waals surface area contributed by atoms with Gasteiger partial charge >= 0.3 is 0 Å². The molecule has 0 fully saturated rings. The van der Waals surface area contributed by atoms with E-state index in [2.05, 4.69) is 58.7 Å². The molecule has 0 atom stereocenters. The highest BCUT2D eigenvalue weighted by Gasteiger charge is 2.02. The molecular weight excluding hydrogens is 262 g/mol. The summed E-state index contributed by atoms with van der Waals surface area (Å²) in [6.45, 7) is 7.29. The van der Waals surface area contributed by atoms with Crippen LogP contribution in [0.5, 0.6) is 0 Å². The fourth-order valence-electron chi connectivity index (χ4n) is 1.98. The van der Waals surface area contributed by atoms with Crippen molar-refractivity contribution in [3.05, 3.63) is 35.5 Å². The molecule has 0 aliphatic carbocycles. The maximum Gasteiger partial charge on any atom is 0.249 e. The molecule has 0 amide bonds. The summed E-state index contributed by atoms with van der Waals surface area (Å²) in [6.07, 6.45) is 5.22. The van der Waals surface area contributed by atoms with Gasteiger partial charge in [-0.15, -0.1) is 5.10 Å². The normalized spacial score (nSPS) is 10.4. The third-order valence-electron chi connectivity index (χ3n) is 3.41. The molecule has 2 N–H and O–H groups in total. The van der Waals surface area contributed by atoms with Crippen LogP contribution in [0.3, 0.4) is 0 Å². The van der Waals surface area contributed by atoms with E-state index < -0.39 is 0 Å². The molecule has 0 bridgehead atoms. The van der Waals surface area contributed by atoms with Gasteiger partial charge in [0.2, 0.25) is 5.95 Å². The number of rotatable bonds is 7. The van der Waals surface area contributed by atoms with Gasteiger partial charge in [-0.05, 0) is 43.5 Å². The van der Waals surface area contributed by atoms with Crippen LogP contribution in [0.4, 0.5) is 17.5 Å². The summed E-state index contributed by atoms with van der Waals surface area (Å²) >= 11 is 0. The molecule has 0 saturated heterocycles. The summed E-state index contributed by atoms with van der Waals surface area (Å²) in [5, 5.41) is 14.5. The van der Waals surface area contributed by atoms with Crippen LogP contribution in [0.2, 0.25) is 0 Å². The molecule has 5 nitrogen and oxygen atoms in total. The highest BCUT2D eigenvalue weighted by molar-refractivity contribution is 5.56. The molecule has 5 heteroatoms. The van der Waals surface area contributed by atoms with Gasteiger partial charge < -0.3 is 10.6 Å². The van der Waals surface area contributed by atoms with E-state index >= 15 is 0 Å². The minimum Gasteiger partial charge on any atom is -0.369 e. The molecular formula is C16H23N5. The minimum absolute atomic E-state index is 0.513. The van der Waals surface area contributed by atoms with Crippen molar-refractivity contribution in [3.63, 3.8) is 0 Å². The molecule has 0 unspecified atom stereocenters. The third kappa shape index (κ3) is 4.70. The Balaban J connectivity index is 1.98. The molecule has 0 saturated carbocycles. The number of hydrogen-bond donors (Lipinski definition) is 2. The van der Waals surface area contributed by atoms with Crippen molar-refractivity contribution in [2.24, 2.45) is 0 Å². The lowest BCUT2D eigenvalue weighted by Crippen LogP contribution is -2.06. The van der Waals surface area contributed by atoms with Gasteiger partial charge in [0.05, 0.1) is 6.20 Å². The van der Waals surface area contributed by atoms with Gasteiger partial charge in [-0.25, -0.2) is 0 Å². The summed E-state index contributed by atoms with van der Waals surface area (Å²) in [5.74, 6) is 1.27. The minimum atomic E-state index is 0.513. The quantitative estimate of drug-likeness (QED) is 0.757. The Labute approximate surface area is 126 Å². The van der Waals surface area contributed by atoms with Gasteiger partial charge in [-0.3, -0.25) is 0 Å². The van der Waals surface area contributed by atoms with Crippen molar-refractivity contribution in [2.45, 2.75) is 40.0 Å². The molecule has 0 aliphatic heterocycles. The van der Waals surface area contributed by atoms with Crippen LogP contribution in [0.15, 0.2) is 24.4 Å². The zero-order valence-corrected chi connectivity index (χ0v) is 13.0. The monoisotopic (exact) mass is 285 g/mol. The number of aryl methyl sites for hydroxylation is 2. The van der Waals surface area contributed by atoms with Crippen molar-refractivity contribution < 1.29 is 0 Å². The van der Waals surface area contributed by atoms with Gasteiger partial charge in [0.25, 0.3) is 0 Å². The maximum atomic E-state index is 4.42. The van der Waals surface area contributed by atoms with Gasteiger partial charge in [-0.1, -0.05) is 25.8 Å². The summed E-state index contributed by atoms with van der Waals surface area (Å²) < 4.78 is 0. The third-order valence-corrected chi connectivity index (χ3v) is 3.41. The second-order valence-corrected chi connectivity index (χ2v) is 5.22. The average Bonchev–Trinajstić information content (AvgIpc) is 2.48. The molecule has 2 aromatic rings. The van der Waals surface area contributed by atoms with E-state index in [9.17, 15) is 0 Å². The first kappa shape index (κ1) is 15.2. The Kier molecular flexibility index (Phi) is 5.49. The number of aromatic nitrogens is 3. The first-order valence-corrected chi connectivity index (χ1v) is 7.47. The maximum absolute atomic E-state index is 4.42. The lowest BCUT2D eigenvalue weighted by Gasteiger charge is -2.08. The Morgan fingerprint density at radius 1 is 1.10 bits per heavy atom. The molecule has 0 radical (unpaired) electrons. The van der Waals surface area contributed by atoms with Gasteiger partial charge in [0.1, 0.15) is 0 Å². The molecule has 21 heavy (non-hydrogen) atoms. The van der Waals surface area contributed by atoms with Crippen molar-refractivity contribution in [1.29, 1.82) is 0 Å². The summed E-state index contributed by atoms with van der Waals surface area (Å²) in [6, 6.07) is 6.19. The molecule has 2 rings (SSSR count). The zero-order chi connectivity index (χ0) is 15.1. The fourth-order valence-corrected chi connectivity index (χ4v) is 1.98. The van der Waals surface area contributed by atoms with Gasteiger partial charge in [0.15, 0.2) is 5.82 Å². The van der Waals surface area contributed by atoms with Crippen LogP contribution in [-0.2, 0) is 0 Å². The average molecular weight is 285 g/mol. The first-order chi connectivity index (χ1) is 10.2. The zero-order valence-electron chi connectivity index (χ0n) is 13.0. The highest BCUT2D eigenvalue weighted by Crippen LogP contribution is 2.17. The fraction of sp³-hybridized carbons (Fsp3) is 0.438. The largest absolute Gasteiger partial charge is 0.369 e. The van der Waals surface area contributed by atoms with Crippen LogP contribution in [0, 0.1) is 13.8 Å². The van der Waals surface area contributed by atoms with E-state index in [0.29, 0.717) is 5.95 Å². The molecule has 1 aromatic heterocycles. The number of nitrogens with one attached hydrogen (secondary N) is 2. The summed E-state index contributed by atoms with van der Waals surface area (Å²) in [5.41, 5.74) is 3.48. The second kappa shape index (κ2) is 7.57. The Bertz CT molecular complexity index is 583. The molecule has 0 spiro atoms. The van der Waals surface area contributed by atoms with Crippen molar-refractivity contribution in [3.8, 4) is 0 Å². The second-order valence-electron chi connectivity index (χ2n) is 5.22. The number of benzene rings is 1. The van der Waals surface area contributed by atoms with Crippen molar-refractivity contribution >= 4 is 17.5 Å². The predicted molar refractivity (Wildman–Crippen MR) is 87.0 cm³/mol. The molecule has 1 aromatic carbocycles. The topological polar surface area (TPSA) is 62.7 Å². The summed E-state index contributed by atoms with van der Waals surface area (Å²) in [4.78, 5) is 4.42. The standard InChI is InChI=1S/C16H23N5/c1-4-5-6-9-17-15-11-18-21-16(20-15)19-14-8-7-12(2)13(3)10-14/h7-8,10-11H,4-6,9H2,1-3H3,(H2,17,19,20,21). The molecule has 1 heterocycles. The van der Waals surface area contributed by atoms with Crippen LogP contribution in [-0.4, -0.2) is 21.7 Å². The van der Waals surface area contributed by atoms with E-state index in [4.69, 9.17) is 0 Å². The first-order valence-electron chi connectivity index (χ1n) is 7.47. The lowest BCUT2D eigenvalue weighted by atomic mass is 10.1. The number of nitrogens with zero attached hydrogens (tertiary/aromatic N) is 3. The van der Waals surface area contributed by atoms with E-state index in [1.165, 1.54) is 24.0 Å². The van der Waals surface area contributed by atoms with Gasteiger partial charge in [0, 0.05) is 12.2 Å². The van der Waals surface area contributed by atoms with Crippen LogP contribution in [0.1, 0.15) is 37.3 Å². The van der Waals surface area contributed by atoms with Crippen LogP contribution in [0.25, 0.3) is 0 Å². The van der Waals surface area contributed by atoms with Crippen molar-refractivity contribution in [1.82, 2.24) is 15.2 Å². The number of anilines is 3. The highest BCUT2D eigenvalue weighted by atomic mass is 15.3. The molecule has 0 aliphatic rings. The van der Waals surface area contributed by atoms with E-state index in [0.717, 1.165) is 24.5 Å². The van der Waals surface area contributed by atoms with E-state index in [-0.39, 0.29) is 0 Å². The van der Waals surface area contributed by atoms with Crippen LogP contribution >= 0.6 is 0 Å². The Morgan fingerprint density at radius 2 is 1.95 bits per heavy atom. The predicted octanol–water partition coefficient (Wildman–Crippen LogP) is 3.83.